The molecule has 0 saturated carbocycles. The first kappa shape index (κ1) is 13.7. The quantitative estimate of drug-likeness (QED) is 0.852. The van der Waals surface area contributed by atoms with E-state index in [1.54, 1.807) is 0 Å². The summed E-state index contributed by atoms with van der Waals surface area (Å²) in [7, 11) is 0. The van der Waals surface area contributed by atoms with Gasteiger partial charge < -0.3 is 5.11 Å². The smallest absolute Gasteiger partial charge is 0.313 e. The van der Waals surface area contributed by atoms with Crippen LogP contribution in [0.2, 0.25) is 0 Å². The number of hydrogen-bond donors (Lipinski definition) is 1. The molecule has 0 spiro atoms. The molecule has 0 atom stereocenters. The van der Waals surface area contributed by atoms with Gasteiger partial charge in [0.25, 0.3) is 0 Å². The van der Waals surface area contributed by atoms with Crippen LogP contribution in [0.25, 0.3) is 5.69 Å². The maximum atomic E-state index is 10.7. The van der Waals surface area contributed by atoms with Gasteiger partial charge in [-0.1, -0.05) is 43.8 Å². The van der Waals surface area contributed by atoms with E-state index in [1.807, 2.05) is 41.1 Å². The number of carbonyl (C=O) groups is 1. The number of carboxylic acid groups (broad SMARTS) is 1. The maximum Gasteiger partial charge on any atom is 0.313 e. The minimum absolute atomic E-state index is 0.0378. The minimum atomic E-state index is -0.822. The summed E-state index contributed by atoms with van der Waals surface area (Å²) in [5, 5.41) is 14.2. The van der Waals surface area contributed by atoms with E-state index in [9.17, 15) is 4.79 Å². The summed E-state index contributed by atoms with van der Waals surface area (Å²) in [5.41, 5.74) is 1.92. The molecule has 100 valence electrons. The van der Waals surface area contributed by atoms with Crippen molar-refractivity contribution < 1.29 is 9.90 Å². The SMILES string of the molecule is CC(C)c1cc(SCC(=O)O)n(-c2ccccc2)n1. The summed E-state index contributed by atoms with van der Waals surface area (Å²) in [5.74, 6) is -0.471. The Morgan fingerprint density at radius 2 is 2.05 bits per heavy atom. The molecular weight excluding hydrogens is 260 g/mol. The molecule has 0 radical (unpaired) electrons. The Morgan fingerprint density at radius 3 is 2.63 bits per heavy atom. The predicted molar refractivity (Wildman–Crippen MR) is 76.0 cm³/mol. The second-order valence-electron chi connectivity index (χ2n) is 4.49. The molecule has 0 saturated heterocycles. The lowest BCUT2D eigenvalue weighted by Gasteiger charge is -2.05. The molecule has 0 aliphatic carbocycles. The standard InChI is InChI=1S/C14H16N2O2S/c1-10(2)12-8-13(19-9-14(17)18)16(15-12)11-6-4-3-5-7-11/h3-8,10H,9H2,1-2H3,(H,17,18). The van der Waals surface area contributed by atoms with Gasteiger partial charge in [-0.05, 0) is 24.1 Å². The second kappa shape index (κ2) is 5.93. The van der Waals surface area contributed by atoms with Gasteiger partial charge in [0.1, 0.15) is 5.03 Å². The third kappa shape index (κ3) is 3.38. The highest BCUT2D eigenvalue weighted by molar-refractivity contribution is 7.99. The van der Waals surface area contributed by atoms with Crippen LogP contribution < -0.4 is 0 Å². The third-order valence-electron chi connectivity index (χ3n) is 2.63. The summed E-state index contributed by atoms with van der Waals surface area (Å²) in [6.07, 6.45) is 0. The average molecular weight is 276 g/mol. The van der Waals surface area contributed by atoms with Gasteiger partial charge in [0.15, 0.2) is 0 Å². The van der Waals surface area contributed by atoms with E-state index in [4.69, 9.17) is 5.11 Å². The Morgan fingerprint density at radius 1 is 1.37 bits per heavy atom. The largest absolute Gasteiger partial charge is 0.481 e. The van der Waals surface area contributed by atoms with Gasteiger partial charge in [-0.25, -0.2) is 4.68 Å². The van der Waals surface area contributed by atoms with Gasteiger partial charge in [0.05, 0.1) is 17.1 Å². The highest BCUT2D eigenvalue weighted by Gasteiger charge is 2.13. The van der Waals surface area contributed by atoms with E-state index in [1.165, 1.54) is 11.8 Å². The molecule has 4 nitrogen and oxygen atoms in total. The van der Waals surface area contributed by atoms with Crippen LogP contribution in [0.4, 0.5) is 0 Å². The molecule has 0 aliphatic rings. The van der Waals surface area contributed by atoms with Gasteiger partial charge in [0, 0.05) is 0 Å². The molecule has 0 unspecified atom stereocenters. The molecule has 1 heterocycles. The molecule has 0 aliphatic heterocycles. The van der Waals surface area contributed by atoms with Crippen molar-refractivity contribution in [2.45, 2.75) is 24.8 Å². The van der Waals surface area contributed by atoms with Crippen LogP contribution in [-0.4, -0.2) is 26.6 Å². The first-order chi connectivity index (χ1) is 9.08. The minimum Gasteiger partial charge on any atom is -0.481 e. The third-order valence-corrected chi connectivity index (χ3v) is 3.61. The molecule has 5 heteroatoms. The molecular formula is C14H16N2O2S. The van der Waals surface area contributed by atoms with Crippen molar-refractivity contribution >= 4 is 17.7 Å². The molecule has 2 rings (SSSR count). The van der Waals surface area contributed by atoms with Gasteiger partial charge >= 0.3 is 5.97 Å². The van der Waals surface area contributed by atoms with Crippen molar-refractivity contribution in [2.24, 2.45) is 0 Å². The maximum absolute atomic E-state index is 10.7. The van der Waals surface area contributed by atoms with Gasteiger partial charge in [-0.2, -0.15) is 5.10 Å². The average Bonchev–Trinajstić information content (AvgIpc) is 2.81. The fourth-order valence-corrected chi connectivity index (χ4v) is 2.40. The number of hydrogen-bond acceptors (Lipinski definition) is 3. The van der Waals surface area contributed by atoms with E-state index >= 15 is 0 Å². The highest BCUT2D eigenvalue weighted by atomic mass is 32.2. The van der Waals surface area contributed by atoms with Crippen LogP contribution in [0.5, 0.6) is 0 Å². The summed E-state index contributed by atoms with van der Waals surface area (Å²) in [4.78, 5) is 10.7. The van der Waals surface area contributed by atoms with Gasteiger partial charge in [-0.15, -0.1) is 0 Å². The summed E-state index contributed by atoms with van der Waals surface area (Å²) in [6.45, 7) is 4.15. The van der Waals surface area contributed by atoms with Gasteiger partial charge in [-0.3, -0.25) is 4.79 Å². The van der Waals surface area contributed by atoms with E-state index in [0.29, 0.717) is 5.92 Å². The number of thioether (sulfide) groups is 1. The summed E-state index contributed by atoms with van der Waals surface area (Å²) in [6, 6.07) is 11.7. The van der Waals surface area contributed by atoms with Crippen molar-refractivity contribution in [1.82, 2.24) is 9.78 Å². The van der Waals surface area contributed by atoms with E-state index in [0.717, 1.165) is 16.4 Å². The van der Waals surface area contributed by atoms with Crippen LogP contribution in [0.15, 0.2) is 41.4 Å². The second-order valence-corrected chi connectivity index (χ2v) is 5.49. The van der Waals surface area contributed by atoms with Crippen molar-refractivity contribution in [3.63, 3.8) is 0 Å². The molecule has 0 bridgehead atoms. The van der Waals surface area contributed by atoms with Crippen molar-refractivity contribution in [1.29, 1.82) is 0 Å². The van der Waals surface area contributed by atoms with E-state index in [2.05, 4.69) is 18.9 Å². The molecule has 1 aromatic heterocycles. The summed E-state index contributed by atoms with van der Waals surface area (Å²) < 4.78 is 1.81. The fraction of sp³-hybridized carbons (Fsp3) is 0.286. The summed E-state index contributed by atoms with van der Waals surface area (Å²) >= 11 is 1.29. The van der Waals surface area contributed by atoms with E-state index < -0.39 is 5.97 Å². The number of nitrogens with zero attached hydrogens (tertiary/aromatic N) is 2. The zero-order valence-electron chi connectivity index (χ0n) is 10.9. The molecule has 0 fully saturated rings. The lowest BCUT2D eigenvalue weighted by Crippen LogP contribution is -2.02. The van der Waals surface area contributed by atoms with Crippen LogP contribution in [0, 0.1) is 0 Å². The predicted octanol–water partition coefficient (Wildman–Crippen LogP) is 3.17. The Kier molecular flexibility index (Phi) is 4.27. The molecule has 2 aromatic rings. The fourth-order valence-electron chi connectivity index (χ4n) is 1.66. The Balaban J connectivity index is 2.37. The van der Waals surface area contributed by atoms with Crippen molar-refractivity contribution in [2.75, 3.05) is 5.75 Å². The number of rotatable bonds is 5. The molecule has 1 N–H and O–H groups in total. The molecule has 1 aromatic carbocycles. The first-order valence-electron chi connectivity index (χ1n) is 6.08. The number of aliphatic carboxylic acids is 1. The van der Waals surface area contributed by atoms with Crippen LogP contribution in [0.1, 0.15) is 25.5 Å². The lowest BCUT2D eigenvalue weighted by molar-refractivity contribution is -0.133. The number of aromatic nitrogens is 2. The van der Waals surface area contributed by atoms with Crippen molar-refractivity contribution in [3.05, 3.63) is 42.1 Å². The highest BCUT2D eigenvalue weighted by Crippen LogP contribution is 2.26. The molecule has 0 amide bonds. The monoisotopic (exact) mass is 276 g/mol. The van der Waals surface area contributed by atoms with Crippen LogP contribution in [0.3, 0.4) is 0 Å². The first-order valence-corrected chi connectivity index (χ1v) is 7.06. The van der Waals surface area contributed by atoms with Crippen LogP contribution in [-0.2, 0) is 4.79 Å². The van der Waals surface area contributed by atoms with Crippen LogP contribution >= 0.6 is 11.8 Å². The lowest BCUT2D eigenvalue weighted by atomic mass is 10.1. The number of para-hydroxylation sites is 1. The Hall–Kier alpha value is -1.75. The Bertz CT molecular complexity index is 564. The normalized spacial score (nSPS) is 10.9. The van der Waals surface area contributed by atoms with Gasteiger partial charge in [0.2, 0.25) is 0 Å². The zero-order valence-corrected chi connectivity index (χ0v) is 11.7. The van der Waals surface area contributed by atoms with E-state index in [-0.39, 0.29) is 5.75 Å². The number of carboxylic acids is 1. The topological polar surface area (TPSA) is 55.1 Å². The van der Waals surface area contributed by atoms with Crippen molar-refractivity contribution in [3.8, 4) is 5.69 Å². The Labute approximate surface area is 116 Å². The zero-order chi connectivity index (χ0) is 13.8. The molecule has 19 heavy (non-hydrogen) atoms. The number of benzene rings is 1.